The van der Waals surface area contributed by atoms with Crippen LogP contribution in [-0.2, 0) is 14.3 Å². The van der Waals surface area contributed by atoms with Crippen molar-refractivity contribution < 1.29 is 28.0 Å². The summed E-state index contributed by atoms with van der Waals surface area (Å²) in [5, 5.41) is 0. The summed E-state index contributed by atoms with van der Waals surface area (Å²) < 4.78 is 15.9. The molecule has 2 aromatic rings. The van der Waals surface area contributed by atoms with Gasteiger partial charge >= 0.3 is 5.97 Å². The maximum Gasteiger partial charge on any atom is 0.331 e. The second kappa shape index (κ2) is 9.52. The Morgan fingerprint density at radius 1 is 1.14 bits per heavy atom. The van der Waals surface area contributed by atoms with Crippen LogP contribution in [0.4, 0.5) is 0 Å². The summed E-state index contributed by atoms with van der Waals surface area (Å²) in [7, 11) is 0. The van der Waals surface area contributed by atoms with Gasteiger partial charge in [-0.25, -0.2) is 4.79 Å². The molecular weight excluding hydrogens is 432 g/mol. The SMILES string of the molecule is O=C(COC(=O)C=Cc1ccc(Br)o1)CN1CCN(C(=O)c2ccco2)CC1. The second-order valence-electron chi connectivity index (χ2n) is 6.17. The Kier molecular flexibility index (Phi) is 6.83. The number of halogens is 1. The highest BCUT2D eigenvalue weighted by Crippen LogP contribution is 2.15. The molecule has 0 atom stereocenters. The molecule has 3 heterocycles. The van der Waals surface area contributed by atoms with E-state index in [4.69, 9.17) is 13.6 Å². The van der Waals surface area contributed by atoms with Gasteiger partial charge in [0.1, 0.15) is 5.76 Å². The van der Waals surface area contributed by atoms with Crippen LogP contribution in [-0.4, -0.2) is 66.8 Å². The van der Waals surface area contributed by atoms with Crippen LogP contribution in [0, 0.1) is 0 Å². The topological polar surface area (TPSA) is 93.2 Å². The zero-order chi connectivity index (χ0) is 19.9. The van der Waals surface area contributed by atoms with Crippen LogP contribution < -0.4 is 0 Å². The zero-order valence-corrected chi connectivity index (χ0v) is 16.6. The van der Waals surface area contributed by atoms with Gasteiger partial charge < -0.3 is 18.5 Å². The minimum Gasteiger partial charge on any atom is -0.459 e. The molecule has 0 aromatic carbocycles. The Morgan fingerprint density at radius 3 is 2.57 bits per heavy atom. The van der Waals surface area contributed by atoms with E-state index in [1.165, 1.54) is 18.4 Å². The number of ketones is 1. The van der Waals surface area contributed by atoms with E-state index in [0.29, 0.717) is 42.4 Å². The maximum atomic E-state index is 12.2. The Bertz CT molecular complexity index is 850. The third kappa shape index (κ3) is 5.67. The van der Waals surface area contributed by atoms with Gasteiger partial charge in [-0.1, -0.05) is 0 Å². The highest BCUT2D eigenvalue weighted by atomic mass is 79.9. The van der Waals surface area contributed by atoms with E-state index in [1.54, 1.807) is 29.2 Å². The number of rotatable bonds is 7. The van der Waals surface area contributed by atoms with Crippen molar-refractivity contribution >= 4 is 39.7 Å². The first-order valence-electron chi connectivity index (χ1n) is 8.68. The average molecular weight is 451 g/mol. The molecule has 0 radical (unpaired) electrons. The molecule has 0 spiro atoms. The molecular formula is C19H19BrN2O6. The van der Waals surface area contributed by atoms with E-state index in [0.717, 1.165) is 0 Å². The molecule has 1 fully saturated rings. The fourth-order valence-corrected chi connectivity index (χ4v) is 3.05. The molecule has 1 saturated heterocycles. The van der Waals surface area contributed by atoms with Crippen LogP contribution in [0.25, 0.3) is 6.08 Å². The third-order valence-electron chi connectivity index (χ3n) is 4.14. The molecule has 1 amide bonds. The molecule has 1 aliphatic heterocycles. The van der Waals surface area contributed by atoms with Gasteiger partial charge in [0.2, 0.25) is 0 Å². The molecule has 1 aliphatic rings. The fraction of sp³-hybridized carbons (Fsp3) is 0.316. The van der Waals surface area contributed by atoms with Gasteiger partial charge in [0.25, 0.3) is 5.91 Å². The van der Waals surface area contributed by atoms with E-state index >= 15 is 0 Å². The van der Waals surface area contributed by atoms with Crippen LogP contribution >= 0.6 is 15.9 Å². The quantitative estimate of drug-likeness (QED) is 0.471. The normalized spacial score (nSPS) is 15.1. The van der Waals surface area contributed by atoms with Gasteiger partial charge in [0.15, 0.2) is 22.8 Å². The molecule has 148 valence electrons. The molecule has 0 N–H and O–H groups in total. The van der Waals surface area contributed by atoms with Crippen molar-refractivity contribution in [2.75, 3.05) is 39.3 Å². The lowest BCUT2D eigenvalue weighted by atomic mass is 10.2. The van der Waals surface area contributed by atoms with Crippen LogP contribution in [0.3, 0.4) is 0 Å². The van der Waals surface area contributed by atoms with Crippen molar-refractivity contribution in [1.29, 1.82) is 0 Å². The fourth-order valence-electron chi connectivity index (χ4n) is 2.73. The molecule has 8 nitrogen and oxygen atoms in total. The number of carbonyl (C=O) groups excluding carboxylic acids is 3. The first-order chi connectivity index (χ1) is 13.5. The Balaban J connectivity index is 1.36. The van der Waals surface area contributed by atoms with Crippen molar-refractivity contribution in [3.8, 4) is 0 Å². The van der Waals surface area contributed by atoms with Gasteiger partial charge in [-0.05, 0) is 46.3 Å². The van der Waals surface area contributed by atoms with E-state index in [9.17, 15) is 14.4 Å². The molecule has 0 saturated carbocycles. The van der Waals surface area contributed by atoms with Gasteiger partial charge in [-0.3, -0.25) is 14.5 Å². The van der Waals surface area contributed by atoms with E-state index in [-0.39, 0.29) is 24.8 Å². The number of Topliss-reactive ketones (excluding diaryl/α,β-unsaturated/α-hetero) is 1. The van der Waals surface area contributed by atoms with E-state index < -0.39 is 5.97 Å². The summed E-state index contributed by atoms with van der Waals surface area (Å²) in [5.74, 6) is -0.160. The number of piperazine rings is 1. The van der Waals surface area contributed by atoms with Crippen LogP contribution in [0.15, 0.2) is 50.1 Å². The number of furan rings is 2. The maximum absolute atomic E-state index is 12.2. The third-order valence-corrected chi connectivity index (χ3v) is 4.57. The lowest BCUT2D eigenvalue weighted by Crippen LogP contribution is -2.50. The van der Waals surface area contributed by atoms with Crippen molar-refractivity contribution in [3.63, 3.8) is 0 Å². The number of hydrogen-bond acceptors (Lipinski definition) is 7. The number of amides is 1. The minimum atomic E-state index is -0.616. The molecule has 28 heavy (non-hydrogen) atoms. The summed E-state index contributed by atoms with van der Waals surface area (Å²) in [4.78, 5) is 39.5. The molecule has 0 aliphatic carbocycles. The van der Waals surface area contributed by atoms with Crippen LogP contribution in [0.1, 0.15) is 16.3 Å². The van der Waals surface area contributed by atoms with Gasteiger partial charge in [-0.15, -0.1) is 0 Å². The Hall–Kier alpha value is -2.65. The Morgan fingerprint density at radius 2 is 1.93 bits per heavy atom. The highest BCUT2D eigenvalue weighted by Gasteiger charge is 2.24. The first-order valence-corrected chi connectivity index (χ1v) is 9.47. The molecule has 0 bridgehead atoms. The monoisotopic (exact) mass is 450 g/mol. The predicted molar refractivity (Wildman–Crippen MR) is 102 cm³/mol. The standard InChI is InChI=1S/C19H19BrN2O6/c20-17-5-3-15(28-17)4-6-18(24)27-13-14(23)12-21-7-9-22(10-8-21)19(25)16-2-1-11-26-16/h1-6,11H,7-10,12-13H2. The largest absolute Gasteiger partial charge is 0.459 e. The number of nitrogens with zero attached hydrogens (tertiary/aromatic N) is 2. The number of esters is 1. The second-order valence-corrected chi connectivity index (χ2v) is 6.95. The van der Waals surface area contributed by atoms with Crippen molar-refractivity contribution in [2.24, 2.45) is 0 Å². The van der Waals surface area contributed by atoms with E-state index in [2.05, 4.69) is 15.9 Å². The van der Waals surface area contributed by atoms with Crippen LogP contribution in [0.2, 0.25) is 0 Å². The average Bonchev–Trinajstić information content (AvgIpc) is 3.36. The summed E-state index contributed by atoms with van der Waals surface area (Å²) >= 11 is 3.17. The molecule has 2 aromatic heterocycles. The molecule has 3 rings (SSSR count). The smallest absolute Gasteiger partial charge is 0.331 e. The van der Waals surface area contributed by atoms with Gasteiger partial charge in [-0.2, -0.15) is 0 Å². The van der Waals surface area contributed by atoms with E-state index in [1.807, 2.05) is 4.90 Å². The number of hydrogen-bond donors (Lipinski definition) is 0. The Labute approximate surface area is 169 Å². The molecule has 9 heteroatoms. The zero-order valence-electron chi connectivity index (χ0n) is 15.0. The van der Waals surface area contributed by atoms with Gasteiger partial charge in [0, 0.05) is 32.3 Å². The highest BCUT2D eigenvalue weighted by molar-refractivity contribution is 9.10. The summed E-state index contributed by atoms with van der Waals surface area (Å²) in [5.41, 5.74) is 0. The van der Waals surface area contributed by atoms with Gasteiger partial charge in [0.05, 0.1) is 12.8 Å². The van der Waals surface area contributed by atoms with Crippen molar-refractivity contribution in [1.82, 2.24) is 9.80 Å². The first kappa shape index (κ1) is 20.1. The van der Waals surface area contributed by atoms with Crippen molar-refractivity contribution in [2.45, 2.75) is 0 Å². The summed E-state index contributed by atoms with van der Waals surface area (Å²) in [6, 6.07) is 6.70. The lowest BCUT2D eigenvalue weighted by molar-refractivity contribution is -0.143. The lowest BCUT2D eigenvalue weighted by Gasteiger charge is -2.33. The summed E-state index contributed by atoms with van der Waals surface area (Å²) in [6.07, 6.45) is 4.14. The van der Waals surface area contributed by atoms with Crippen molar-refractivity contribution in [3.05, 3.63) is 52.8 Å². The predicted octanol–water partition coefficient (Wildman–Crippen LogP) is 2.22. The summed E-state index contributed by atoms with van der Waals surface area (Å²) in [6.45, 7) is 2.03. The number of carbonyl (C=O) groups is 3. The molecule has 0 unspecified atom stereocenters. The van der Waals surface area contributed by atoms with Crippen LogP contribution in [0.5, 0.6) is 0 Å². The number of ether oxygens (including phenoxy) is 1. The minimum absolute atomic E-state index is 0.153.